The smallest absolute Gasteiger partial charge is 0.317 e. The molecule has 1 heterocycles. The molecule has 0 radical (unpaired) electrons. The summed E-state index contributed by atoms with van der Waals surface area (Å²) in [7, 11) is 0. The number of hydrogen-bond acceptors (Lipinski definition) is 3. The molecule has 1 aliphatic heterocycles. The number of likely N-dealkylation sites (tertiary alicyclic amines) is 1. The number of carboxylic acids is 1. The fourth-order valence-corrected chi connectivity index (χ4v) is 3.15. The first-order valence-corrected chi connectivity index (χ1v) is 9.03. The standard InChI is InChI=1S/C15H28N2O3S/c1-4-6-15(13(18)19)7-10-17(11-8-15)14(20)16-9-5-12(2)21-3/h12H,4-11H2,1-3H3,(H,16,20)(H,18,19). The van der Waals surface area contributed by atoms with Gasteiger partial charge < -0.3 is 15.3 Å². The third-order valence-electron chi connectivity index (χ3n) is 4.42. The number of hydrogen-bond donors (Lipinski definition) is 2. The number of nitrogens with one attached hydrogen (secondary N) is 1. The topological polar surface area (TPSA) is 69.6 Å². The molecule has 5 nitrogen and oxygen atoms in total. The van der Waals surface area contributed by atoms with E-state index < -0.39 is 11.4 Å². The van der Waals surface area contributed by atoms with Crippen LogP contribution in [0.15, 0.2) is 0 Å². The first-order chi connectivity index (χ1) is 9.95. The van der Waals surface area contributed by atoms with E-state index in [-0.39, 0.29) is 6.03 Å². The minimum absolute atomic E-state index is 0.0567. The fraction of sp³-hybridized carbons (Fsp3) is 0.867. The van der Waals surface area contributed by atoms with Crippen molar-refractivity contribution in [2.24, 2.45) is 5.41 Å². The van der Waals surface area contributed by atoms with Crippen LogP contribution in [0, 0.1) is 5.41 Å². The van der Waals surface area contributed by atoms with Gasteiger partial charge in [0.25, 0.3) is 0 Å². The molecule has 1 atom stereocenters. The number of urea groups is 1. The summed E-state index contributed by atoms with van der Waals surface area (Å²) >= 11 is 1.79. The third kappa shape index (κ3) is 5.09. The van der Waals surface area contributed by atoms with E-state index in [1.54, 1.807) is 16.7 Å². The molecule has 0 bridgehead atoms. The van der Waals surface area contributed by atoms with Gasteiger partial charge >= 0.3 is 12.0 Å². The highest BCUT2D eigenvalue weighted by Gasteiger charge is 2.41. The van der Waals surface area contributed by atoms with Gasteiger partial charge in [-0.05, 0) is 31.9 Å². The zero-order chi connectivity index (χ0) is 15.9. The van der Waals surface area contributed by atoms with Crippen LogP contribution in [0.1, 0.15) is 46.0 Å². The third-order valence-corrected chi connectivity index (χ3v) is 5.46. The molecular formula is C15H28N2O3S. The van der Waals surface area contributed by atoms with E-state index in [0.717, 1.165) is 12.8 Å². The number of amides is 2. The van der Waals surface area contributed by atoms with Gasteiger partial charge in [-0.15, -0.1) is 0 Å². The highest BCUT2D eigenvalue weighted by atomic mass is 32.2. The van der Waals surface area contributed by atoms with Crippen LogP contribution < -0.4 is 5.32 Å². The van der Waals surface area contributed by atoms with Crippen LogP contribution >= 0.6 is 11.8 Å². The van der Waals surface area contributed by atoms with E-state index in [2.05, 4.69) is 18.5 Å². The van der Waals surface area contributed by atoms with Crippen LogP contribution in [0.2, 0.25) is 0 Å². The molecule has 0 saturated carbocycles. The molecule has 2 N–H and O–H groups in total. The van der Waals surface area contributed by atoms with E-state index in [0.29, 0.717) is 44.1 Å². The number of carboxylic acid groups (broad SMARTS) is 1. The molecule has 0 spiro atoms. The summed E-state index contributed by atoms with van der Waals surface area (Å²) < 4.78 is 0. The molecule has 1 fully saturated rings. The SMILES string of the molecule is CCCC1(C(=O)O)CCN(C(=O)NCCC(C)SC)CC1. The molecule has 1 saturated heterocycles. The van der Waals surface area contributed by atoms with Gasteiger partial charge in [0.05, 0.1) is 5.41 Å². The summed E-state index contributed by atoms with van der Waals surface area (Å²) in [5.74, 6) is -0.710. The number of aliphatic carboxylic acids is 1. The van der Waals surface area contributed by atoms with Gasteiger partial charge in [-0.2, -0.15) is 11.8 Å². The van der Waals surface area contributed by atoms with Gasteiger partial charge in [-0.25, -0.2) is 4.79 Å². The summed E-state index contributed by atoms with van der Waals surface area (Å²) in [5.41, 5.74) is -0.626. The number of rotatable bonds is 7. The van der Waals surface area contributed by atoms with Crippen molar-refractivity contribution in [3.8, 4) is 0 Å². The molecule has 6 heteroatoms. The minimum Gasteiger partial charge on any atom is -0.481 e. The van der Waals surface area contributed by atoms with Crippen molar-refractivity contribution in [2.75, 3.05) is 25.9 Å². The van der Waals surface area contributed by atoms with Gasteiger partial charge in [0.2, 0.25) is 0 Å². The Hall–Kier alpha value is -0.910. The number of carbonyl (C=O) groups excluding carboxylic acids is 1. The van der Waals surface area contributed by atoms with Crippen LogP contribution in [0.4, 0.5) is 4.79 Å². The Morgan fingerprint density at radius 1 is 1.38 bits per heavy atom. The molecule has 0 aromatic heterocycles. The number of carbonyl (C=O) groups is 2. The van der Waals surface area contributed by atoms with E-state index >= 15 is 0 Å². The Labute approximate surface area is 131 Å². The predicted molar refractivity (Wildman–Crippen MR) is 86.8 cm³/mol. The van der Waals surface area contributed by atoms with Crippen LogP contribution in [0.5, 0.6) is 0 Å². The first kappa shape index (κ1) is 18.1. The highest BCUT2D eigenvalue weighted by molar-refractivity contribution is 7.99. The summed E-state index contributed by atoms with van der Waals surface area (Å²) in [5, 5.41) is 12.9. The van der Waals surface area contributed by atoms with Gasteiger partial charge in [-0.1, -0.05) is 20.3 Å². The van der Waals surface area contributed by atoms with Crippen LogP contribution in [-0.2, 0) is 4.79 Å². The number of piperidine rings is 1. The average molecular weight is 316 g/mol. The molecule has 1 rings (SSSR count). The minimum atomic E-state index is -0.710. The van der Waals surface area contributed by atoms with Crippen molar-refractivity contribution in [1.29, 1.82) is 0 Å². The monoisotopic (exact) mass is 316 g/mol. The van der Waals surface area contributed by atoms with E-state index in [1.807, 2.05) is 6.92 Å². The average Bonchev–Trinajstić information content (AvgIpc) is 2.47. The fourth-order valence-electron chi connectivity index (χ4n) is 2.80. The Kier molecular flexibility index (Phi) is 7.35. The molecule has 0 aliphatic carbocycles. The zero-order valence-electron chi connectivity index (χ0n) is 13.4. The van der Waals surface area contributed by atoms with Crippen molar-refractivity contribution in [1.82, 2.24) is 10.2 Å². The Bertz CT molecular complexity index is 355. The zero-order valence-corrected chi connectivity index (χ0v) is 14.2. The van der Waals surface area contributed by atoms with Crippen molar-refractivity contribution >= 4 is 23.8 Å². The van der Waals surface area contributed by atoms with Gasteiger partial charge in [0.1, 0.15) is 0 Å². The van der Waals surface area contributed by atoms with E-state index in [1.165, 1.54) is 0 Å². The molecule has 21 heavy (non-hydrogen) atoms. The van der Waals surface area contributed by atoms with Crippen LogP contribution in [-0.4, -0.2) is 53.1 Å². The second-order valence-corrected chi connectivity index (χ2v) is 7.17. The Morgan fingerprint density at radius 3 is 2.48 bits per heavy atom. The normalized spacial score (nSPS) is 19.1. The molecule has 122 valence electrons. The molecule has 1 unspecified atom stereocenters. The molecular weight excluding hydrogens is 288 g/mol. The summed E-state index contributed by atoms with van der Waals surface area (Å²) in [6, 6.07) is -0.0567. The van der Waals surface area contributed by atoms with Gasteiger partial charge in [0, 0.05) is 24.9 Å². The van der Waals surface area contributed by atoms with Crippen molar-refractivity contribution < 1.29 is 14.7 Å². The Balaban J connectivity index is 2.41. The maximum atomic E-state index is 12.1. The molecule has 2 amide bonds. The quantitative estimate of drug-likeness (QED) is 0.758. The van der Waals surface area contributed by atoms with E-state index in [4.69, 9.17) is 0 Å². The van der Waals surface area contributed by atoms with Gasteiger partial charge in [-0.3, -0.25) is 4.79 Å². The van der Waals surface area contributed by atoms with Crippen LogP contribution in [0.3, 0.4) is 0 Å². The molecule has 1 aliphatic rings. The summed E-state index contributed by atoms with van der Waals surface area (Å²) in [4.78, 5) is 25.3. The Morgan fingerprint density at radius 2 is 2.00 bits per heavy atom. The lowest BCUT2D eigenvalue weighted by Crippen LogP contribution is -2.49. The van der Waals surface area contributed by atoms with Gasteiger partial charge in [0.15, 0.2) is 0 Å². The van der Waals surface area contributed by atoms with Crippen LogP contribution in [0.25, 0.3) is 0 Å². The first-order valence-electron chi connectivity index (χ1n) is 7.74. The van der Waals surface area contributed by atoms with E-state index in [9.17, 15) is 14.7 Å². The number of nitrogens with zero attached hydrogens (tertiary/aromatic N) is 1. The maximum Gasteiger partial charge on any atom is 0.317 e. The molecule has 0 aromatic rings. The summed E-state index contributed by atoms with van der Waals surface area (Å²) in [6.45, 7) is 5.91. The highest BCUT2D eigenvalue weighted by Crippen LogP contribution is 2.36. The lowest BCUT2D eigenvalue weighted by Gasteiger charge is -2.38. The predicted octanol–water partition coefficient (Wildman–Crippen LogP) is 2.80. The van der Waals surface area contributed by atoms with Crippen molar-refractivity contribution in [3.63, 3.8) is 0 Å². The molecule has 0 aromatic carbocycles. The largest absolute Gasteiger partial charge is 0.481 e. The maximum absolute atomic E-state index is 12.1. The summed E-state index contributed by atoms with van der Waals surface area (Å²) in [6.07, 6.45) is 5.70. The lowest BCUT2D eigenvalue weighted by molar-refractivity contribution is -0.152. The second-order valence-electron chi connectivity index (χ2n) is 5.89. The van der Waals surface area contributed by atoms with Crippen molar-refractivity contribution in [2.45, 2.75) is 51.2 Å². The lowest BCUT2D eigenvalue weighted by atomic mass is 9.75. The second kappa shape index (κ2) is 8.51. The number of thioether (sulfide) groups is 1. The van der Waals surface area contributed by atoms with Crippen molar-refractivity contribution in [3.05, 3.63) is 0 Å².